The average molecular weight is 516 g/mol. The molecule has 0 spiro atoms. The number of piperazine rings is 1. The molecular formula is C23H25N5O5S2. The minimum Gasteiger partial charge on any atom is -0.493 e. The number of imidazole rings is 1. The van der Waals surface area contributed by atoms with Gasteiger partial charge in [0.2, 0.25) is 10.0 Å². The van der Waals surface area contributed by atoms with Gasteiger partial charge in [-0.05, 0) is 30.7 Å². The van der Waals surface area contributed by atoms with Crippen LogP contribution >= 0.6 is 11.3 Å². The van der Waals surface area contributed by atoms with Gasteiger partial charge < -0.3 is 9.64 Å². The minimum atomic E-state index is -3.11. The standard InChI is InChI=1S/C23H25N5O5S2/c1-35(31,32)26-12-10-25(11-13-26)9-2-14-33-19-7-8-22-21(15-19)27-16-20(24-23(27)34-22)17-3-5-18(6-4-17)28(29)30/h3-8,15-16H,2,9-14H2,1H3. The molecule has 0 amide bonds. The number of hydrogen-bond donors (Lipinski definition) is 0. The average Bonchev–Trinajstić information content (AvgIpc) is 3.40. The number of hydrogen-bond acceptors (Lipinski definition) is 8. The maximum atomic E-state index is 11.6. The van der Waals surface area contributed by atoms with Crippen molar-refractivity contribution in [1.29, 1.82) is 0 Å². The molecule has 2 aromatic carbocycles. The first-order chi connectivity index (χ1) is 16.8. The highest BCUT2D eigenvalue weighted by Gasteiger charge is 2.22. The summed E-state index contributed by atoms with van der Waals surface area (Å²) in [4.78, 5) is 18.3. The van der Waals surface area contributed by atoms with Crippen LogP contribution in [0.15, 0.2) is 48.7 Å². The van der Waals surface area contributed by atoms with E-state index in [1.165, 1.54) is 22.7 Å². The second kappa shape index (κ2) is 9.53. The monoisotopic (exact) mass is 515 g/mol. The van der Waals surface area contributed by atoms with E-state index in [-0.39, 0.29) is 5.69 Å². The highest BCUT2D eigenvalue weighted by molar-refractivity contribution is 7.88. The molecule has 0 bridgehead atoms. The first-order valence-corrected chi connectivity index (χ1v) is 13.9. The second-order valence-electron chi connectivity index (χ2n) is 8.52. The lowest BCUT2D eigenvalue weighted by Gasteiger charge is -2.33. The summed E-state index contributed by atoms with van der Waals surface area (Å²) in [6.07, 6.45) is 4.05. The maximum Gasteiger partial charge on any atom is 0.269 e. The van der Waals surface area contributed by atoms with E-state index in [1.807, 2.05) is 28.8 Å². The molecule has 35 heavy (non-hydrogen) atoms. The molecule has 0 radical (unpaired) electrons. The Morgan fingerprint density at radius 2 is 1.86 bits per heavy atom. The lowest BCUT2D eigenvalue weighted by Crippen LogP contribution is -2.48. The van der Waals surface area contributed by atoms with Gasteiger partial charge in [-0.3, -0.25) is 14.5 Å². The lowest BCUT2D eigenvalue weighted by molar-refractivity contribution is -0.384. The zero-order valence-electron chi connectivity index (χ0n) is 19.2. The van der Waals surface area contributed by atoms with Gasteiger partial charge in [0.05, 0.1) is 33.7 Å². The van der Waals surface area contributed by atoms with Gasteiger partial charge in [0.25, 0.3) is 5.69 Å². The van der Waals surface area contributed by atoms with E-state index in [0.29, 0.717) is 19.7 Å². The fraction of sp³-hybridized carbons (Fsp3) is 0.348. The van der Waals surface area contributed by atoms with Crippen LogP contribution in [0.25, 0.3) is 26.4 Å². The van der Waals surface area contributed by atoms with Crippen molar-refractivity contribution in [3.8, 4) is 17.0 Å². The molecule has 2 aromatic heterocycles. The van der Waals surface area contributed by atoms with E-state index in [9.17, 15) is 18.5 Å². The molecule has 1 aliphatic rings. The molecule has 5 rings (SSSR count). The summed E-state index contributed by atoms with van der Waals surface area (Å²) in [5.41, 5.74) is 2.64. The van der Waals surface area contributed by atoms with Gasteiger partial charge in [0, 0.05) is 62.7 Å². The quantitative estimate of drug-likeness (QED) is 0.201. The Kier molecular flexibility index (Phi) is 6.45. The third kappa shape index (κ3) is 5.15. The SMILES string of the molecule is CS(=O)(=O)N1CCN(CCCOc2ccc3sc4nc(-c5ccc([N+](=O)[O-])cc5)cn4c3c2)CC1. The minimum absolute atomic E-state index is 0.0539. The molecule has 3 heterocycles. The summed E-state index contributed by atoms with van der Waals surface area (Å²) < 4.78 is 33.9. The van der Waals surface area contributed by atoms with Crippen molar-refractivity contribution in [3.05, 3.63) is 58.8 Å². The molecule has 10 nitrogen and oxygen atoms in total. The molecular weight excluding hydrogens is 490 g/mol. The number of fused-ring (bicyclic) bond motifs is 3. The third-order valence-electron chi connectivity index (χ3n) is 6.13. The van der Waals surface area contributed by atoms with Crippen LogP contribution in [0.3, 0.4) is 0 Å². The first-order valence-electron chi connectivity index (χ1n) is 11.2. The molecule has 12 heteroatoms. The molecule has 1 fully saturated rings. The van der Waals surface area contributed by atoms with E-state index < -0.39 is 14.9 Å². The van der Waals surface area contributed by atoms with Crippen LogP contribution in [-0.4, -0.2) is 77.5 Å². The molecule has 0 N–H and O–H groups in total. The van der Waals surface area contributed by atoms with Crippen LogP contribution in [0.5, 0.6) is 5.75 Å². The molecule has 1 aliphatic heterocycles. The Bertz CT molecular complexity index is 1470. The summed E-state index contributed by atoms with van der Waals surface area (Å²) in [5.74, 6) is 0.782. The molecule has 4 aromatic rings. The van der Waals surface area contributed by atoms with Crippen LogP contribution in [0.4, 0.5) is 5.69 Å². The number of nitro benzene ring substituents is 1. The summed E-state index contributed by atoms with van der Waals surface area (Å²) in [6.45, 7) is 3.99. The largest absolute Gasteiger partial charge is 0.493 e. The van der Waals surface area contributed by atoms with Crippen LogP contribution < -0.4 is 4.74 Å². The highest BCUT2D eigenvalue weighted by atomic mass is 32.2. The zero-order chi connectivity index (χ0) is 24.6. The van der Waals surface area contributed by atoms with Crippen molar-refractivity contribution in [3.63, 3.8) is 0 Å². The highest BCUT2D eigenvalue weighted by Crippen LogP contribution is 2.32. The van der Waals surface area contributed by atoms with Crippen molar-refractivity contribution in [1.82, 2.24) is 18.6 Å². The van der Waals surface area contributed by atoms with Crippen LogP contribution in [0, 0.1) is 10.1 Å². The second-order valence-corrected chi connectivity index (χ2v) is 11.5. The molecule has 0 unspecified atom stereocenters. The normalized spacial score (nSPS) is 15.7. The number of sulfonamides is 1. The van der Waals surface area contributed by atoms with Crippen LogP contribution in [-0.2, 0) is 10.0 Å². The van der Waals surface area contributed by atoms with Gasteiger partial charge >= 0.3 is 0 Å². The zero-order valence-corrected chi connectivity index (χ0v) is 20.8. The predicted octanol–water partition coefficient (Wildman–Crippen LogP) is 3.47. The Hall–Kier alpha value is -3.06. The third-order valence-corrected chi connectivity index (χ3v) is 8.47. The van der Waals surface area contributed by atoms with Crippen molar-refractivity contribution < 1.29 is 18.1 Å². The van der Waals surface area contributed by atoms with E-state index >= 15 is 0 Å². The number of ether oxygens (including phenoxy) is 1. The van der Waals surface area contributed by atoms with Crippen molar-refractivity contribution >= 4 is 42.2 Å². The summed E-state index contributed by atoms with van der Waals surface area (Å²) in [6, 6.07) is 12.4. The lowest BCUT2D eigenvalue weighted by atomic mass is 10.1. The fourth-order valence-corrected chi connectivity index (χ4v) is 6.04. The number of nitrogens with zero attached hydrogens (tertiary/aromatic N) is 5. The van der Waals surface area contributed by atoms with Gasteiger partial charge in [-0.15, -0.1) is 0 Å². The van der Waals surface area contributed by atoms with Gasteiger partial charge in [0.15, 0.2) is 4.96 Å². The first kappa shape index (κ1) is 23.7. The summed E-state index contributed by atoms with van der Waals surface area (Å²) in [7, 11) is -3.11. The summed E-state index contributed by atoms with van der Waals surface area (Å²) >= 11 is 1.58. The molecule has 1 saturated heterocycles. The van der Waals surface area contributed by atoms with Gasteiger partial charge in [0.1, 0.15) is 5.75 Å². The molecule has 0 saturated carbocycles. The Morgan fingerprint density at radius 1 is 1.11 bits per heavy atom. The van der Waals surface area contributed by atoms with Crippen molar-refractivity contribution in [2.75, 3.05) is 45.6 Å². The van der Waals surface area contributed by atoms with E-state index in [4.69, 9.17) is 9.72 Å². The van der Waals surface area contributed by atoms with Gasteiger partial charge in [-0.1, -0.05) is 11.3 Å². The number of non-ortho nitro benzene ring substituents is 1. The topological polar surface area (TPSA) is 110 Å². The molecule has 0 atom stereocenters. The van der Waals surface area contributed by atoms with E-state index in [0.717, 1.165) is 58.2 Å². The van der Waals surface area contributed by atoms with Crippen LogP contribution in [0.1, 0.15) is 6.42 Å². The van der Waals surface area contributed by atoms with Crippen molar-refractivity contribution in [2.45, 2.75) is 6.42 Å². The Balaban J connectivity index is 1.21. The number of nitro groups is 1. The van der Waals surface area contributed by atoms with Gasteiger partial charge in [-0.2, -0.15) is 4.31 Å². The van der Waals surface area contributed by atoms with Gasteiger partial charge in [-0.25, -0.2) is 13.4 Å². The predicted molar refractivity (Wildman–Crippen MR) is 136 cm³/mol. The number of benzene rings is 2. The van der Waals surface area contributed by atoms with E-state index in [1.54, 1.807) is 23.5 Å². The fourth-order valence-electron chi connectivity index (χ4n) is 4.22. The van der Waals surface area contributed by atoms with Crippen molar-refractivity contribution in [2.24, 2.45) is 0 Å². The number of thiazole rings is 1. The maximum absolute atomic E-state index is 11.6. The Labute approximate surface area is 206 Å². The van der Waals surface area contributed by atoms with Crippen LogP contribution in [0.2, 0.25) is 0 Å². The molecule has 184 valence electrons. The number of aromatic nitrogens is 2. The summed E-state index contributed by atoms with van der Waals surface area (Å²) in [5, 5.41) is 10.9. The van der Waals surface area contributed by atoms with E-state index in [2.05, 4.69) is 4.90 Å². The smallest absolute Gasteiger partial charge is 0.269 e. The number of rotatable bonds is 8. The molecule has 0 aliphatic carbocycles. The Morgan fingerprint density at radius 3 is 2.54 bits per heavy atom.